The lowest BCUT2D eigenvalue weighted by atomic mass is 9.86. The lowest BCUT2D eigenvalue weighted by Crippen LogP contribution is -2.51. The Labute approximate surface area is 111 Å². The monoisotopic (exact) mass is 269 g/mol. The van der Waals surface area contributed by atoms with Gasteiger partial charge in [-0.25, -0.2) is 9.80 Å². The van der Waals surface area contributed by atoms with Gasteiger partial charge in [0.25, 0.3) is 5.91 Å². The maximum absolute atomic E-state index is 12.0. The van der Waals surface area contributed by atoms with Crippen molar-refractivity contribution >= 4 is 23.5 Å². The minimum absolute atomic E-state index is 0.165. The van der Waals surface area contributed by atoms with Crippen LogP contribution in [0.1, 0.15) is 33.6 Å². The third-order valence-electron chi connectivity index (χ3n) is 2.86. The second-order valence-corrected chi connectivity index (χ2v) is 5.57. The molecular weight excluding hydrogens is 250 g/mol. The SMILES string of the molecule is CN1N=C(C(=O)N[C@@H](C(=O)O)C(C)(C)C)CCC1=O. The molecule has 0 bridgehead atoms. The summed E-state index contributed by atoms with van der Waals surface area (Å²) in [4.78, 5) is 34.4. The lowest BCUT2D eigenvalue weighted by molar-refractivity contribution is -0.144. The van der Waals surface area contributed by atoms with E-state index in [9.17, 15) is 14.4 Å². The number of hydrogen-bond donors (Lipinski definition) is 2. The third kappa shape index (κ3) is 3.77. The first-order valence-corrected chi connectivity index (χ1v) is 6.00. The molecular formula is C12H19N3O4. The fraction of sp³-hybridized carbons (Fsp3) is 0.667. The average Bonchev–Trinajstić information content (AvgIpc) is 2.27. The van der Waals surface area contributed by atoms with Crippen LogP contribution in [0.2, 0.25) is 0 Å². The normalized spacial score (nSPS) is 17.8. The van der Waals surface area contributed by atoms with Crippen molar-refractivity contribution < 1.29 is 19.5 Å². The smallest absolute Gasteiger partial charge is 0.326 e. The number of rotatable bonds is 3. The van der Waals surface area contributed by atoms with E-state index in [0.29, 0.717) is 0 Å². The van der Waals surface area contributed by atoms with E-state index >= 15 is 0 Å². The van der Waals surface area contributed by atoms with Crippen LogP contribution in [-0.4, -0.2) is 46.7 Å². The van der Waals surface area contributed by atoms with Crippen molar-refractivity contribution in [1.29, 1.82) is 0 Å². The molecule has 1 rings (SSSR count). The molecule has 1 aliphatic rings. The molecule has 0 aromatic carbocycles. The molecule has 1 atom stereocenters. The molecule has 0 radical (unpaired) electrons. The zero-order chi connectivity index (χ0) is 14.8. The third-order valence-corrected chi connectivity index (χ3v) is 2.86. The van der Waals surface area contributed by atoms with Crippen molar-refractivity contribution in [3.63, 3.8) is 0 Å². The first kappa shape index (κ1) is 15.1. The Morgan fingerprint density at radius 3 is 2.37 bits per heavy atom. The average molecular weight is 269 g/mol. The fourth-order valence-corrected chi connectivity index (χ4v) is 1.70. The van der Waals surface area contributed by atoms with Gasteiger partial charge in [-0.3, -0.25) is 9.59 Å². The summed E-state index contributed by atoms with van der Waals surface area (Å²) in [6, 6.07) is -1.01. The van der Waals surface area contributed by atoms with Gasteiger partial charge in [0.2, 0.25) is 5.91 Å². The number of carbonyl (C=O) groups is 3. The van der Waals surface area contributed by atoms with Crippen LogP contribution in [0.4, 0.5) is 0 Å². The summed E-state index contributed by atoms with van der Waals surface area (Å²) >= 11 is 0. The van der Waals surface area contributed by atoms with Crippen LogP contribution in [0.5, 0.6) is 0 Å². The Bertz CT molecular complexity index is 437. The summed E-state index contributed by atoms with van der Waals surface area (Å²) < 4.78 is 0. The van der Waals surface area contributed by atoms with Gasteiger partial charge in [0, 0.05) is 19.9 Å². The van der Waals surface area contributed by atoms with E-state index in [1.165, 1.54) is 7.05 Å². The molecule has 1 heterocycles. The Morgan fingerprint density at radius 2 is 1.95 bits per heavy atom. The van der Waals surface area contributed by atoms with Crippen molar-refractivity contribution in [2.75, 3.05) is 7.05 Å². The Morgan fingerprint density at radius 1 is 1.37 bits per heavy atom. The molecule has 0 aromatic rings. The van der Waals surface area contributed by atoms with Crippen LogP contribution in [0, 0.1) is 5.41 Å². The number of carboxylic acid groups (broad SMARTS) is 1. The highest BCUT2D eigenvalue weighted by Gasteiger charge is 2.34. The number of nitrogens with one attached hydrogen (secondary N) is 1. The topological polar surface area (TPSA) is 99.1 Å². The van der Waals surface area contributed by atoms with E-state index in [4.69, 9.17) is 5.11 Å². The molecule has 106 valence electrons. The summed E-state index contributed by atoms with van der Waals surface area (Å²) in [5.74, 6) is -1.80. The van der Waals surface area contributed by atoms with Crippen LogP contribution >= 0.6 is 0 Å². The zero-order valence-electron chi connectivity index (χ0n) is 11.6. The van der Waals surface area contributed by atoms with Gasteiger partial charge < -0.3 is 10.4 Å². The summed E-state index contributed by atoms with van der Waals surface area (Å²) in [5, 5.41) is 16.5. The van der Waals surface area contributed by atoms with Crippen LogP contribution in [0.3, 0.4) is 0 Å². The Hall–Kier alpha value is -1.92. The fourth-order valence-electron chi connectivity index (χ4n) is 1.70. The zero-order valence-corrected chi connectivity index (χ0v) is 11.6. The number of aliphatic carboxylic acids is 1. The molecule has 7 heteroatoms. The summed E-state index contributed by atoms with van der Waals surface area (Å²) in [5.41, 5.74) is -0.434. The molecule has 7 nitrogen and oxygen atoms in total. The molecule has 0 aliphatic carbocycles. The molecule has 2 N–H and O–H groups in total. The summed E-state index contributed by atoms with van der Waals surface area (Å²) in [7, 11) is 1.47. The minimum atomic E-state index is -1.10. The molecule has 0 fully saturated rings. The largest absolute Gasteiger partial charge is 0.480 e. The first-order valence-electron chi connectivity index (χ1n) is 6.00. The van der Waals surface area contributed by atoms with Gasteiger partial charge in [0.05, 0.1) is 0 Å². The maximum atomic E-state index is 12.0. The molecule has 0 spiro atoms. The van der Waals surface area contributed by atoms with Gasteiger partial charge in [-0.2, -0.15) is 5.10 Å². The number of carbonyl (C=O) groups excluding carboxylic acids is 2. The van der Waals surface area contributed by atoms with E-state index in [1.54, 1.807) is 20.8 Å². The number of amides is 2. The quantitative estimate of drug-likeness (QED) is 0.765. The van der Waals surface area contributed by atoms with E-state index in [-0.39, 0.29) is 24.5 Å². The number of carboxylic acids is 1. The molecule has 0 aromatic heterocycles. The van der Waals surface area contributed by atoms with Gasteiger partial charge >= 0.3 is 5.97 Å². The molecule has 0 saturated carbocycles. The Balaban J connectivity index is 2.82. The predicted molar refractivity (Wildman–Crippen MR) is 68.5 cm³/mol. The van der Waals surface area contributed by atoms with Gasteiger partial charge in [0.1, 0.15) is 11.8 Å². The van der Waals surface area contributed by atoms with Crippen LogP contribution in [-0.2, 0) is 14.4 Å². The Kier molecular flexibility index (Phi) is 4.28. The van der Waals surface area contributed by atoms with Crippen LogP contribution in [0.25, 0.3) is 0 Å². The highest BCUT2D eigenvalue weighted by atomic mass is 16.4. The van der Waals surface area contributed by atoms with Gasteiger partial charge in [0.15, 0.2) is 0 Å². The van der Waals surface area contributed by atoms with Gasteiger partial charge in [-0.1, -0.05) is 20.8 Å². The minimum Gasteiger partial charge on any atom is -0.480 e. The van der Waals surface area contributed by atoms with E-state index in [2.05, 4.69) is 10.4 Å². The summed E-state index contributed by atoms with van der Waals surface area (Å²) in [6.45, 7) is 5.18. The van der Waals surface area contributed by atoms with Gasteiger partial charge in [-0.05, 0) is 5.41 Å². The highest BCUT2D eigenvalue weighted by molar-refractivity contribution is 6.39. The van der Waals surface area contributed by atoms with Crippen molar-refractivity contribution in [2.24, 2.45) is 10.5 Å². The van der Waals surface area contributed by atoms with Crippen molar-refractivity contribution in [3.8, 4) is 0 Å². The molecule has 1 aliphatic heterocycles. The second kappa shape index (κ2) is 5.38. The molecule has 19 heavy (non-hydrogen) atoms. The number of nitrogens with zero attached hydrogens (tertiary/aromatic N) is 2. The van der Waals surface area contributed by atoms with Crippen molar-refractivity contribution in [3.05, 3.63) is 0 Å². The molecule has 0 unspecified atom stereocenters. The standard InChI is InChI=1S/C12H19N3O4/c1-12(2,3)9(11(18)19)13-10(17)7-5-6-8(16)15(4)14-7/h9H,5-6H2,1-4H3,(H,13,17)(H,18,19)/t9-/m0/s1. The maximum Gasteiger partial charge on any atom is 0.326 e. The van der Waals surface area contributed by atoms with Crippen LogP contribution in [0.15, 0.2) is 5.10 Å². The van der Waals surface area contributed by atoms with Gasteiger partial charge in [-0.15, -0.1) is 0 Å². The van der Waals surface area contributed by atoms with E-state index < -0.39 is 23.3 Å². The van der Waals surface area contributed by atoms with E-state index in [1.807, 2.05) is 0 Å². The van der Waals surface area contributed by atoms with Crippen molar-refractivity contribution in [1.82, 2.24) is 10.3 Å². The van der Waals surface area contributed by atoms with Crippen LogP contribution < -0.4 is 5.32 Å². The highest BCUT2D eigenvalue weighted by Crippen LogP contribution is 2.19. The predicted octanol–water partition coefficient (Wildman–Crippen LogP) is 0.210. The van der Waals surface area contributed by atoms with Crippen molar-refractivity contribution in [2.45, 2.75) is 39.7 Å². The van der Waals surface area contributed by atoms with E-state index in [0.717, 1.165) is 5.01 Å². The summed E-state index contributed by atoms with van der Waals surface area (Å²) in [6.07, 6.45) is 0.432. The molecule has 0 saturated heterocycles. The number of hydrazone groups is 1. The second-order valence-electron chi connectivity index (χ2n) is 5.57. The first-order chi connectivity index (χ1) is 8.62. The number of hydrogen-bond acceptors (Lipinski definition) is 4. The molecule has 2 amide bonds. The lowest BCUT2D eigenvalue weighted by Gasteiger charge is -2.28.